The molecule has 0 radical (unpaired) electrons. The van der Waals surface area contributed by atoms with Gasteiger partial charge in [-0.1, -0.05) is 11.6 Å². The highest BCUT2D eigenvalue weighted by atomic mass is 35.5. The van der Waals surface area contributed by atoms with Gasteiger partial charge in [0.25, 0.3) is 0 Å². The van der Waals surface area contributed by atoms with Crippen LogP contribution in [0.25, 0.3) is 0 Å². The molecule has 3 amide bonds. The molecule has 0 heterocycles. The number of benzene rings is 1. The van der Waals surface area contributed by atoms with Crippen LogP contribution >= 0.6 is 11.6 Å². The Morgan fingerprint density at radius 1 is 1.30 bits per heavy atom. The van der Waals surface area contributed by atoms with Crippen LogP contribution in [-0.4, -0.2) is 48.6 Å². The molecule has 0 aliphatic carbocycles. The number of carboxylic acids is 1. The summed E-state index contributed by atoms with van der Waals surface area (Å²) in [6, 6.07) is 3.32. The smallest absolute Gasteiger partial charge is 0.337 e. The van der Waals surface area contributed by atoms with Crippen LogP contribution in [0.5, 0.6) is 0 Å². The van der Waals surface area contributed by atoms with Crippen LogP contribution in [-0.2, 0) is 4.79 Å². The Kier molecular flexibility index (Phi) is 5.33. The molecule has 0 fully saturated rings. The number of aromatic carboxylic acids is 1. The zero-order valence-corrected chi connectivity index (χ0v) is 11.7. The Morgan fingerprint density at radius 3 is 2.50 bits per heavy atom. The van der Waals surface area contributed by atoms with E-state index >= 15 is 0 Å². The first kappa shape index (κ1) is 15.8. The summed E-state index contributed by atoms with van der Waals surface area (Å²) in [6.45, 7) is -0.193. The zero-order chi connectivity index (χ0) is 15.3. The van der Waals surface area contributed by atoms with Gasteiger partial charge in [-0.05, 0) is 18.2 Å². The fourth-order valence-electron chi connectivity index (χ4n) is 1.29. The Labute approximate surface area is 120 Å². The normalized spacial score (nSPS) is 9.75. The molecule has 0 unspecified atom stereocenters. The molecule has 108 valence electrons. The second-order valence-electron chi connectivity index (χ2n) is 4.09. The number of hydrogen-bond donors (Lipinski definition) is 3. The summed E-state index contributed by atoms with van der Waals surface area (Å²) in [7, 11) is 3.11. The SMILES string of the molecule is CN(C)C(=O)CNC(=O)Nc1cc(Cl)ccc1C(=O)O. The fourth-order valence-corrected chi connectivity index (χ4v) is 1.46. The van der Waals surface area contributed by atoms with Crippen molar-refractivity contribution in [2.24, 2.45) is 0 Å². The molecule has 1 aromatic rings. The number of anilines is 1. The quantitative estimate of drug-likeness (QED) is 0.779. The summed E-state index contributed by atoms with van der Waals surface area (Å²) < 4.78 is 0. The highest BCUT2D eigenvalue weighted by molar-refractivity contribution is 6.31. The molecule has 7 nitrogen and oxygen atoms in total. The first-order valence-electron chi connectivity index (χ1n) is 5.59. The number of carboxylic acid groups (broad SMARTS) is 1. The molecule has 0 aromatic heterocycles. The topological polar surface area (TPSA) is 98.7 Å². The average molecular weight is 300 g/mol. The lowest BCUT2D eigenvalue weighted by Crippen LogP contribution is -2.38. The Bertz CT molecular complexity index is 546. The molecule has 0 aliphatic heterocycles. The van der Waals surface area contributed by atoms with E-state index < -0.39 is 12.0 Å². The number of carbonyl (C=O) groups excluding carboxylic acids is 2. The van der Waals surface area contributed by atoms with Crippen molar-refractivity contribution in [3.8, 4) is 0 Å². The first-order valence-corrected chi connectivity index (χ1v) is 5.97. The van der Waals surface area contributed by atoms with E-state index in [1.54, 1.807) is 14.1 Å². The number of nitrogens with one attached hydrogen (secondary N) is 2. The van der Waals surface area contributed by atoms with Crippen molar-refractivity contribution in [2.45, 2.75) is 0 Å². The lowest BCUT2D eigenvalue weighted by molar-refractivity contribution is -0.127. The van der Waals surface area contributed by atoms with Gasteiger partial charge in [-0.15, -0.1) is 0 Å². The molecule has 1 rings (SSSR count). The standard InChI is InChI=1S/C12H14ClN3O4/c1-16(2)10(17)6-14-12(20)15-9-5-7(13)3-4-8(9)11(18)19/h3-5H,6H2,1-2H3,(H,18,19)(H2,14,15,20). The number of urea groups is 1. The summed E-state index contributed by atoms with van der Waals surface area (Å²) in [5.74, 6) is -1.48. The maximum absolute atomic E-state index is 11.6. The lowest BCUT2D eigenvalue weighted by Gasteiger charge is -2.12. The van der Waals surface area contributed by atoms with Crippen LogP contribution in [0.15, 0.2) is 18.2 Å². The molecule has 20 heavy (non-hydrogen) atoms. The summed E-state index contributed by atoms with van der Waals surface area (Å²) in [4.78, 5) is 35.2. The number of amides is 3. The van der Waals surface area contributed by atoms with Crippen LogP contribution < -0.4 is 10.6 Å². The molecule has 1 aromatic carbocycles. The predicted octanol–water partition coefficient (Wildman–Crippen LogP) is 1.25. The maximum Gasteiger partial charge on any atom is 0.337 e. The zero-order valence-electron chi connectivity index (χ0n) is 10.9. The fraction of sp³-hybridized carbons (Fsp3) is 0.250. The number of nitrogens with zero attached hydrogens (tertiary/aromatic N) is 1. The van der Waals surface area contributed by atoms with Gasteiger partial charge >= 0.3 is 12.0 Å². The molecule has 3 N–H and O–H groups in total. The van der Waals surface area contributed by atoms with E-state index in [-0.39, 0.29) is 28.7 Å². The van der Waals surface area contributed by atoms with Crippen molar-refractivity contribution in [3.63, 3.8) is 0 Å². The third-order valence-electron chi connectivity index (χ3n) is 2.36. The van der Waals surface area contributed by atoms with Gasteiger partial charge in [0.1, 0.15) is 0 Å². The predicted molar refractivity (Wildman–Crippen MR) is 74.1 cm³/mol. The third kappa shape index (κ3) is 4.43. The number of carbonyl (C=O) groups is 3. The Hall–Kier alpha value is -2.28. The Morgan fingerprint density at radius 2 is 1.95 bits per heavy atom. The van der Waals surface area contributed by atoms with Crippen molar-refractivity contribution in [1.82, 2.24) is 10.2 Å². The van der Waals surface area contributed by atoms with Crippen LogP contribution in [0.2, 0.25) is 5.02 Å². The summed E-state index contributed by atoms with van der Waals surface area (Å²) in [5.41, 5.74) is -0.0386. The molecule has 0 saturated carbocycles. The monoisotopic (exact) mass is 299 g/mol. The minimum Gasteiger partial charge on any atom is -0.478 e. The van der Waals surface area contributed by atoms with E-state index in [1.807, 2.05) is 0 Å². The second-order valence-corrected chi connectivity index (χ2v) is 4.53. The summed E-state index contributed by atoms with van der Waals surface area (Å²) >= 11 is 5.75. The lowest BCUT2D eigenvalue weighted by atomic mass is 10.2. The van der Waals surface area contributed by atoms with Crippen molar-refractivity contribution in [2.75, 3.05) is 26.0 Å². The molecule has 0 atom stereocenters. The number of rotatable bonds is 4. The van der Waals surface area contributed by atoms with Gasteiger partial charge in [-0.2, -0.15) is 0 Å². The van der Waals surface area contributed by atoms with E-state index in [0.29, 0.717) is 0 Å². The Balaban J connectivity index is 2.73. The summed E-state index contributed by atoms with van der Waals surface area (Å²) in [5, 5.41) is 13.9. The molecule has 0 spiro atoms. The van der Waals surface area contributed by atoms with E-state index in [4.69, 9.17) is 16.7 Å². The molecule has 0 bridgehead atoms. The van der Waals surface area contributed by atoms with Gasteiger partial charge in [0.05, 0.1) is 17.8 Å². The van der Waals surface area contributed by atoms with Crippen molar-refractivity contribution >= 4 is 35.2 Å². The van der Waals surface area contributed by atoms with Crippen molar-refractivity contribution < 1.29 is 19.5 Å². The minimum atomic E-state index is -1.19. The van der Waals surface area contributed by atoms with E-state index in [9.17, 15) is 14.4 Å². The third-order valence-corrected chi connectivity index (χ3v) is 2.59. The average Bonchev–Trinajstić information content (AvgIpc) is 2.35. The van der Waals surface area contributed by atoms with Gasteiger partial charge in [0, 0.05) is 19.1 Å². The van der Waals surface area contributed by atoms with Crippen LogP contribution in [0.3, 0.4) is 0 Å². The van der Waals surface area contributed by atoms with E-state index in [0.717, 1.165) is 0 Å². The van der Waals surface area contributed by atoms with Gasteiger partial charge < -0.3 is 20.6 Å². The first-order chi connectivity index (χ1) is 9.31. The minimum absolute atomic E-state index is 0.0554. The highest BCUT2D eigenvalue weighted by Gasteiger charge is 2.13. The molecular formula is C12H14ClN3O4. The largest absolute Gasteiger partial charge is 0.478 e. The van der Waals surface area contributed by atoms with Gasteiger partial charge in [0.2, 0.25) is 5.91 Å². The van der Waals surface area contributed by atoms with Crippen LogP contribution in [0.1, 0.15) is 10.4 Å². The van der Waals surface area contributed by atoms with E-state index in [2.05, 4.69) is 10.6 Å². The molecule has 0 saturated heterocycles. The highest BCUT2D eigenvalue weighted by Crippen LogP contribution is 2.21. The van der Waals surface area contributed by atoms with Crippen LogP contribution in [0.4, 0.5) is 10.5 Å². The maximum atomic E-state index is 11.6. The summed E-state index contributed by atoms with van der Waals surface area (Å²) in [6.07, 6.45) is 0. The number of hydrogen-bond acceptors (Lipinski definition) is 3. The van der Waals surface area contributed by atoms with E-state index in [1.165, 1.54) is 23.1 Å². The number of halogens is 1. The van der Waals surface area contributed by atoms with Crippen molar-refractivity contribution in [3.05, 3.63) is 28.8 Å². The second kappa shape index (κ2) is 6.76. The van der Waals surface area contributed by atoms with Crippen LogP contribution in [0, 0.1) is 0 Å². The van der Waals surface area contributed by atoms with Gasteiger partial charge in [-0.25, -0.2) is 9.59 Å². The number of likely N-dealkylation sites (N-methyl/N-ethyl adjacent to an activating group) is 1. The van der Waals surface area contributed by atoms with Crippen molar-refractivity contribution in [1.29, 1.82) is 0 Å². The molecule has 0 aliphatic rings. The van der Waals surface area contributed by atoms with Gasteiger partial charge in [0.15, 0.2) is 0 Å². The van der Waals surface area contributed by atoms with Gasteiger partial charge in [-0.3, -0.25) is 4.79 Å². The molecule has 8 heteroatoms. The molecular weight excluding hydrogens is 286 g/mol.